The molecule has 0 aliphatic rings. The highest BCUT2D eigenvalue weighted by Gasteiger charge is 2.10. The van der Waals surface area contributed by atoms with Crippen molar-refractivity contribution in [1.29, 1.82) is 0 Å². The van der Waals surface area contributed by atoms with Crippen LogP contribution in [-0.2, 0) is 4.79 Å². The summed E-state index contributed by atoms with van der Waals surface area (Å²) < 4.78 is 0. The zero-order valence-electron chi connectivity index (χ0n) is 10.2. The van der Waals surface area contributed by atoms with Gasteiger partial charge < -0.3 is 16.0 Å². The van der Waals surface area contributed by atoms with E-state index in [-0.39, 0.29) is 12.5 Å². The highest BCUT2D eigenvalue weighted by atomic mass is 35.5. The van der Waals surface area contributed by atoms with Crippen molar-refractivity contribution >= 4 is 28.9 Å². The second kappa shape index (κ2) is 6.35. The van der Waals surface area contributed by atoms with Gasteiger partial charge in [-0.25, -0.2) is 0 Å². The fraction of sp³-hybridized carbons (Fsp3) is 0.417. The third-order valence-corrected chi connectivity index (χ3v) is 2.89. The second-order valence-corrected chi connectivity index (χ2v) is 4.03. The van der Waals surface area contributed by atoms with Gasteiger partial charge >= 0.3 is 0 Å². The Morgan fingerprint density at radius 2 is 2.06 bits per heavy atom. The van der Waals surface area contributed by atoms with E-state index in [0.29, 0.717) is 29.5 Å². The number of nitrogens with two attached hydrogens (primary N) is 1. The number of hydrogen-bond donors (Lipinski definition) is 2. The van der Waals surface area contributed by atoms with Crippen molar-refractivity contribution < 1.29 is 4.79 Å². The fourth-order valence-electron chi connectivity index (χ4n) is 1.58. The van der Waals surface area contributed by atoms with Gasteiger partial charge in [0.05, 0.1) is 22.9 Å². The molecule has 0 fully saturated rings. The second-order valence-electron chi connectivity index (χ2n) is 3.62. The molecule has 0 saturated carbocycles. The van der Waals surface area contributed by atoms with E-state index in [2.05, 4.69) is 5.32 Å². The average molecular weight is 256 g/mol. The van der Waals surface area contributed by atoms with Crippen LogP contribution in [0.4, 0.5) is 11.4 Å². The summed E-state index contributed by atoms with van der Waals surface area (Å²) in [5.74, 6) is 0.0364. The maximum atomic E-state index is 11.8. The summed E-state index contributed by atoms with van der Waals surface area (Å²) in [5, 5.41) is 3.51. The SMILES string of the molecule is CCN(CC)C(=O)CNc1c(N)cccc1Cl. The minimum absolute atomic E-state index is 0.0364. The van der Waals surface area contributed by atoms with Crippen LogP contribution in [0.3, 0.4) is 0 Å². The van der Waals surface area contributed by atoms with Crippen LogP contribution in [0.5, 0.6) is 0 Å². The number of carbonyl (C=O) groups excluding carboxylic acids is 1. The molecule has 17 heavy (non-hydrogen) atoms. The number of benzene rings is 1. The highest BCUT2D eigenvalue weighted by molar-refractivity contribution is 6.33. The Balaban J connectivity index is 2.64. The number of para-hydroxylation sites is 1. The van der Waals surface area contributed by atoms with Gasteiger partial charge in [0.1, 0.15) is 0 Å². The summed E-state index contributed by atoms with van der Waals surface area (Å²) in [6.45, 7) is 5.51. The zero-order chi connectivity index (χ0) is 12.8. The van der Waals surface area contributed by atoms with Crippen molar-refractivity contribution in [1.82, 2.24) is 4.90 Å². The molecule has 5 heteroatoms. The molecule has 0 radical (unpaired) electrons. The van der Waals surface area contributed by atoms with Gasteiger partial charge in [0.15, 0.2) is 0 Å². The van der Waals surface area contributed by atoms with Gasteiger partial charge in [0.25, 0.3) is 0 Å². The van der Waals surface area contributed by atoms with Crippen molar-refractivity contribution in [2.45, 2.75) is 13.8 Å². The molecule has 1 amide bonds. The van der Waals surface area contributed by atoms with E-state index in [4.69, 9.17) is 17.3 Å². The normalized spacial score (nSPS) is 10.1. The standard InChI is InChI=1S/C12H18ClN3O/c1-3-16(4-2)11(17)8-15-12-9(13)6-5-7-10(12)14/h5-7,15H,3-4,8,14H2,1-2H3. The molecule has 4 nitrogen and oxygen atoms in total. The first kappa shape index (κ1) is 13.6. The lowest BCUT2D eigenvalue weighted by atomic mass is 10.2. The van der Waals surface area contributed by atoms with Crippen molar-refractivity contribution in [3.8, 4) is 0 Å². The number of nitrogens with one attached hydrogen (secondary N) is 1. The first-order valence-corrected chi connectivity index (χ1v) is 6.03. The first-order chi connectivity index (χ1) is 8.10. The van der Waals surface area contributed by atoms with Gasteiger partial charge in [-0.15, -0.1) is 0 Å². The quantitative estimate of drug-likeness (QED) is 0.793. The number of carbonyl (C=O) groups is 1. The van der Waals surface area contributed by atoms with E-state index in [1.54, 1.807) is 23.1 Å². The van der Waals surface area contributed by atoms with E-state index in [0.717, 1.165) is 0 Å². The predicted octanol–water partition coefficient (Wildman–Crippen LogP) is 2.20. The summed E-state index contributed by atoms with van der Waals surface area (Å²) in [5.41, 5.74) is 6.94. The molecule has 0 aliphatic carbocycles. The van der Waals surface area contributed by atoms with E-state index >= 15 is 0 Å². The molecule has 1 aromatic carbocycles. The molecule has 0 bridgehead atoms. The third kappa shape index (κ3) is 3.53. The fourth-order valence-corrected chi connectivity index (χ4v) is 1.83. The van der Waals surface area contributed by atoms with E-state index in [9.17, 15) is 4.79 Å². The van der Waals surface area contributed by atoms with Gasteiger partial charge in [0, 0.05) is 13.1 Å². The molecule has 1 rings (SSSR count). The summed E-state index contributed by atoms with van der Waals surface area (Å²) in [6, 6.07) is 5.26. The van der Waals surface area contributed by atoms with E-state index in [1.165, 1.54) is 0 Å². The van der Waals surface area contributed by atoms with Gasteiger partial charge in [-0.3, -0.25) is 4.79 Å². The molecule has 0 aromatic heterocycles. The maximum absolute atomic E-state index is 11.8. The number of nitrogens with zero attached hydrogens (tertiary/aromatic N) is 1. The number of halogens is 1. The number of nitrogen functional groups attached to an aromatic ring is 1. The van der Waals surface area contributed by atoms with Crippen LogP contribution >= 0.6 is 11.6 Å². The number of rotatable bonds is 5. The Labute approximate surface area is 107 Å². The third-order valence-electron chi connectivity index (χ3n) is 2.58. The predicted molar refractivity (Wildman–Crippen MR) is 72.3 cm³/mol. The molecular weight excluding hydrogens is 238 g/mol. The Morgan fingerprint density at radius 1 is 1.41 bits per heavy atom. The topological polar surface area (TPSA) is 58.4 Å². The molecule has 3 N–H and O–H groups in total. The van der Waals surface area contributed by atoms with Crippen molar-refractivity contribution in [3.63, 3.8) is 0 Å². The molecular formula is C12H18ClN3O. The Bertz CT molecular complexity index is 371. The van der Waals surface area contributed by atoms with Crippen LogP contribution in [0, 0.1) is 0 Å². The summed E-state index contributed by atoms with van der Waals surface area (Å²) in [6.07, 6.45) is 0. The maximum Gasteiger partial charge on any atom is 0.241 e. The monoisotopic (exact) mass is 255 g/mol. The first-order valence-electron chi connectivity index (χ1n) is 5.65. The van der Waals surface area contributed by atoms with Crippen molar-refractivity contribution in [2.24, 2.45) is 0 Å². The van der Waals surface area contributed by atoms with Gasteiger partial charge in [-0.05, 0) is 26.0 Å². The van der Waals surface area contributed by atoms with Crippen LogP contribution in [0.2, 0.25) is 5.02 Å². The van der Waals surface area contributed by atoms with Crippen LogP contribution in [0.15, 0.2) is 18.2 Å². The van der Waals surface area contributed by atoms with Crippen LogP contribution < -0.4 is 11.1 Å². The van der Waals surface area contributed by atoms with Crippen molar-refractivity contribution in [2.75, 3.05) is 30.7 Å². The lowest BCUT2D eigenvalue weighted by Gasteiger charge is -2.19. The molecule has 0 heterocycles. The molecule has 0 spiro atoms. The Morgan fingerprint density at radius 3 is 2.59 bits per heavy atom. The average Bonchev–Trinajstić information content (AvgIpc) is 2.30. The van der Waals surface area contributed by atoms with Gasteiger partial charge in [-0.1, -0.05) is 17.7 Å². The van der Waals surface area contributed by atoms with E-state index < -0.39 is 0 Å². The van der Waals surface area contributed by atoms with Crippen LogP contribution in [-0.4, -0.2) is 30.4 Å². The summed E-state index contributed by atoms with van der Waals surface area (Å²) in [7, 11) is 0. The lowest BCUT2D eigenvalue weighted by Crippen LogP contribution is -2.35. The minimum Gasteiger partial charge on any atom is -0.397 e. The van der Waals surface area contributed by atoms with Gasteiger partial charge in [0.2, 0.25) is 5.91 Å². The summed E-state index contributed by atoms with van der Waals surface area (Å²) in [4.78, 5) is 13.5. The van der Waals surface area contributed by atoms with Gasteiger partial charge in [-0.2, -0.15) is 0 Å². The summed E-state index contributed by atoms with van der Waals surface area (Å²) >= 11 is 5.99. The lowest BCUT2D eigenvalue weighted by molar-refractivity contribution is -0.128. The Kier molecular flexibility index (Phi) is 5.10. The van der Waals surface area contributed by atoms with Crippen molar-refractivity contribution in [3.05, 3.63) is 23.2 Å². The smallest absolute Gasteiger partial charge is 0.241 e. The number of likely N-dealkylation sites (N-methyl/N-ethyl adjacent to an activating group) is 1. The number of amides is 1. The number of anilines is 2. The number of hydrogen-bond acceptors (Lipinski definition) is 3. The minimum atomic E-state index is 0.0364. The largest absolute Gasteiger partial charge is 0.397 e. The molecule has 0 atom stereocenters. The van der Waals surface area contributed by atoms with E-state index in [1.807, 2.05) is 13.8 Å². The highest BCUT2D eigenvalue weighted by Crippen LogP contribution is 2.27. The molecule has 0 aliphatic heterocycles. The molecule has 1 aromatic rings. The zero-order valence-corrected chi connectivity index (χ0v) is 10.9. The molecule has 94 valence electrons. The Hall–Kier alpha value is -1.42. The van der Waals surface area contributed by atoms with Crippen LogP contribution in [0.1, 0.15) is 13.8 Å². The van der Waals surface area contributed by atoms with Crippen LogP contribution in [0.25, 0.3) is 0 Å². The molecule has 0 unspecified atom stereocenters. The molecule has 0 saturated heterocycles.